The first kappa shape index (κ1) is 19.0. The van der Waals surface area contributed by atoms with Crippen molar-refractivity contribution in [3.8, 4) is 0 Å². The summed E-state index contributed by atoms with van der Waals surface area (Å²) in [7, 11) is -3.58. The Bertz CT molecular complexity index is 924. The van der Waals surface area contributed by atoms with Gasteiger partial charge in [0.05, 0.1) is 5.92 Å². The van der Waals surface area contributed by atoms with Crippen molar-refractivity contribution in [2.75, 3.05) is 18.4 Å². The number of nitrogens with zero attached hydrogens (tertiary/aromatic N) is 1. The molecular formula is C18H21FN2O3S2. The summed E-state index contributed by atoms with van der Waals surface area (Å²) in [6, 6.07) is 7.59. The lowest BCUT2D eigenvalue weighted by atomic mass is 9.98. The van der Waals surface area contributed by atoms with Gasteiger partial charge in [-0.25, -0.2) is 12.8 Å². The van der Waals surface area contributed by atoms with Gasteiger partial charge in [-0.15, -0.1) is 11.3 Å². The van der Waals surface area contributed by atoms with E-state index in [9.17, 15) is 17.6 Å². The van der Waals surface area contributed by atoms with Crippen molar-refractivity contribution < 1.29 is 17.6 Å². The number of carbonyl (C=O) groups excluding carboxylic acids is 1. The predicted molar refractivity (Wildman–Crippen MR) is 100 cm³/mol. The fourth-order valence-corrected chi connectivity index (χ4v) is 5.98. The van der Waals surface area contributed by atoms with E-state index in [4.69, 9.17) is 0 Å². The number of aryl methyl sites for hydroxylation is 2. The summed E-state index contributed by atoms with van der Waals surface area (Å²) in [5.74, 6) is -1.16. The first-order chi connectivity index (χ1) is 12.3. The van der Waals surface area contributed by atoms with Gasteiger partial charge < -0.3 is 5.32 Å². The molecule has 1 aliphatic rings. The average Bonchev–Trinajstić information content (AvgIpc) is 3.05. The zero-order chi connectivity index (χ0) is 18.9. The van der Waals surface area contributed by atoms with Crippen LogP contribution >= 0.6 is 11.3 Å². The van der Waals surface area contributed by atoms with E-state index in [2.05, 4.69) is 5.32 Å². The lowest BCUT2D eigenvalue weighted by Crippen LogP contribution is -2.43. The summed E-state index contributed by atoms with van der Waals surface area (Å²) in [5.41, 5.74) is 1.18. The number of thiophene rings is 1. The van der Waals surface area contributed by atoms with Crippen LogP contribution in [0, 0.1) is 25.6 Å². The second-order valence-corrected chi connectivity index (χ2v) is 9.97. The third-order valence-electron chi connectivity index (χ3n) is 4.52. The van der Waals surface area contributed by atoms with Gasteiger partial charge in [0, 0.05) is 23.7 Å². The largest absolute Gasteiger partial charge is 0.325 e. The Balaban J connectivity index is 1.74. The van der Waals surface area contributed by atoms with Crippen molar-refractivity contribution in [1.82, 2.24) is 4.31 Å². The first-order valence-electron chi connectivity index (χ1n) is 8.41. The molecule has 5 nitrogen and oxygen atoms in total. The summed E-state index contributed by atoms with van der Waals surface area (Å²) < 4.78 is 40.7. The molecule has 1 aromatic carbocycles. The molecule has 1 fully saturated rings. The van der Waals surface area contributed by atoms with Crippen LogP contribution in [-0.4, -0.2) is 31.7 Å². The second kappa shape index (κ2) is 7.46. The van der Waals surface area contributed by atoms with Crippen LogP contribution in [0.3, 0.4) is 0 Å². The van der Waals surface area contributed by atoms with Crippen molar-refractivity contribution >= 4 is 33.0 Å². The van der Waals surface area contributed by atoms with Crippen molar-refractivity contribution in [2.45, 2.75) is 30.9 Å². The number of rotatable bonds is 4. The number of hydrogen-bond donors (Lipinski definition) is 1. The fraction of sp³-hybridized carbons (Fsp3) is 0.389. The van der Waals surface area contributed by atoms with E-state index in [1.165, 1.54) is 27.8 Å². The van der Waals surface area contributed by atoms with E-state index < -0.39 is 21.8 Å². The van der Waals surface area contributed by atoms with Crippen LogP contribution in [0.1, 0.15) is 23.3 Å². The summed E-state index contributed by atoms with van der Waals surface area (Å²) in [5, 5.41) is 2.74. The van der Waals surface area contributed by atoms with Gasteiger partial charge in [0.25, 0.3) is 10.0 Å². The molecule has 1 aromatic heterocycles. The number of nitrogens with one attached hydrogen (secondary N) is 1. The van der Waals surface area contributed by atoms with Gasteiger partial charge in [-0.2, -0.15) is 4.31 Å². The molecule has 3 rings (SSSR count). The normalized spacial score (nSPS) is 18.7. The molecule has 140 valence electrons. The summed E-state index contributed by atoms with van der Waals surface area (Å²) in [6.45, 7) is 4.19. The molecular weight excluding hydrogens is 375 g/mol. The molecule has 2 aromatic rings. The Morgan fingerprint density at radius 1 is 1.27 bits per heavy atom. The van der Waals surface area contributed by atoms with Crippen LogP contribution in [0.15, 0.2) is 34.5 Å². The van der Waals surface area contributed by atoms with E-state index in [1.807, 2.05) is 6.92 Å². The van der Waals surface area contributed by atoms with E-state index in [1.54, 1.807) is 25.1 Å². The number of benzene rings is 1. The zero-order valence-corrected chi connectivity index (χ0v) is 16.3. The van der Waals surface area contributed by atoms with Crippen molar-refractivity contribution in [3.63, 3.8) is 0 Å². The highest BCUT2D eigenvalue weighted by Crippen LogP contribution is 2.29. The van der Waals surface area contributed by atoms with Gasteiger partial charge in [-0.3, -0.25) is 4.79 Å². The van der Waals surface area contributed by atoms with E-state index >= 15 is 0 Å². The fourth-order valence-electron chi connectivity index (χ4n) is 3.02. The Morgan fingerprint density at radius 3 is 2.73 bits per heavy atom. The highest BCUT2D eigenvalue weighted by Gasteiger charge is 2.34. The van der Waals surface area contributed by atoms with Crippen LogP contribution in [0.25, 0.3) is 0 Å². The molecule has 26 heavy (non-hydrogen) atoms. The maximum Gasteiger partial charge on any atom is 0.252 e. The molecule has 8 heteroatoms. The smallest absolute Gasteiger partial charge is 0.252 e. The molecule has 1 aliphatic heterocycles. The monoisotopic (exact) mass is 396 g/mol. The molecule has 2 heterocycles. The van der Waals surface area contributed by atoms with E-state index in [-0.39, 0.29) is 12.5 Å². The quantitative estimate of drug-likeness (QED) is 0.860. The Labute approximate surface area is 156 Å². The molecule has 0 radical (unpaired) electrons. The number of amides is 1. The van der Waals surface area contributed by atoms with E-state index in [0.29, 0.717) is 29.3 Å². The van der Waals surface area contributed by atoms with Crippen molar-refractivity contribution in [1.29, 1.82) is 0 Å². The lowest BCUT2D eigenvalue weighted by molar-refractivity contribution is -0.120. The number of hydrogen-bond acceptors (Lipinski definition) is 4. The maximum absolute atomic E-state index is 13.4. The van der Waals surface area contributed by atoms with Gasteiger partial charge in [0.2, 0.25) is 5.91 Å². The van der Waals surface area contributed by atoms with Crippen LogP contribution in [-0.2, 0) is 14.8 Å². The third kappa shape index (κ3) is 3.97. The standard InChI is InChI=1S/C18H21FN2O3S2/c1-12-5-7-15(19)10-16(12)20-18(22)14-4-3-9-21(11-14)26(23,24)17-8-6-13(2)25-17/h5-8,10,14H,3-4,9,11H2,1-2H3,(H,20,22). The molecule has 0 bridgehead atoms. The van der Waals surface area contributed by atoms with Gasteiger partial charge >= 0.3 is 0 Å². The molecule has 1 N–H and O–H groups in total. The first-order valence-corrected chi connectivity index (χ1v) is 10.7. The Morgan fingerprint density at radius 2 is 2.04 bits per heavy atom. The average molecular weight is 397 g/mol. The second-order valence-electron chi connectivity index (χ2n) is 6.52. The summed E-state index contributed by atoms with van der Waals surface area (Å²) >= 11 is 1.23. The molecule has 0 spiro atoms. The zero-order valence-electron chi connectivity index (χ0n) is 14.7. The minimum Gasteiger partial charge on any atom is -0.325 e. The topological polar surface area (TPSA) is 66.5 Å². The lowest BCUT2D eigenvalue weighted by Gasteiger charge is -2.30. The SMILES string of the molecule is Cc1ccc(S(=O)(=O)N2CCCC(C(=O)Nc3cc(F)ccc3C)C2)s1. The Hall–Kier alpha value is -1.77. The van der Waals surface area contributed by atoms with Crippen molar-refractivity contribution in [3.05, 3.63) is 46.6 Å². The van der Waals surface area contributed by atoms with Gasteiger partial charge in [0.15, 0.2) is 0 Å². The van der Waals surface area contributed by atoms with Crippen LogP contribution < -0.4 is 5.32 Å². The van der Waals surface area contributed by atoms with Gasteiger partial charge in [-0.1, -0.05) is 6.07 Å². The highest BCUT2D eigenvalue weighted by atomic mass is 32.2. The molecule has 1 amide bonds. The maximum atomic E-state index is 13.4. The number of halogens is 1. The summed E-state index contributed by atoms with van der Waals surface area (Å²) in [4.78, 5) is 13.5. The third-order valence-corrected chi connectivity index (χ3v) is 7.86. The van der Waals surface area contributed by atoms with Crippen molar-refractivity contribution in [2.24, 2.45) is 5.92 Å². The highest BCUT2D eigenvalue weighted by molar-refractivity contribution is 7.91. The van der Waals surface area contributed by atoms with E-state index in [0.717, 1.165) is 10.4 Å². The molecule has 1 atom stereocenters. The minimum atomic E-state index is -3.58. The Kier molecular flexibility index (Phi) is 5.45. The molecule has 1 unspecified atom stereocenters. The summed E-state index contributed by atoms with van der Waals surface area (Å²) in [6.07, 6.45) is 1.22. The van der Waals surface area contributed by atoms with Crippen LogP contribution in [0.5, 0.6) is 0 Å². The van der Waals surface area contributed by atoms with Crippen LogP contribution in [0.4, 0.5) is 10.1 Å². The molecule has 0 saturated carbocycles. The van der Waals surface area contributed by atoms with Gasteiger partial charge in [0.1, 0.15) is 10.0 Å². The minimum absolute atomic E-state index is 0.138. The number of piperidine rings is 1. The van der Waals surface area contributed by atoms with Crippen LogP contribution in [0.2, 0.25) is 0 Å². The molecule has 0 aliphatic carbocycles. The number of sulfonamides is 1. The number of carbonyl (C=O) groups is 1. The predicted octanol–water partition coefficient (Wildman–Crippen LogP) is 3.54. The molecule has 1 saturated heterocycles. The van der Waals surface area contributed by atoms with Gasteiger partial charge in [-0.05, 0) is 56.5 Å². The number of anilines is 1.